The normalized spacial score (nSPS) is 14.6. The van der Waals surface area contributed by atoms with E-state index in [0.29, 0.717) is 12.5 Å². The molecule has 1 N–H and O–H groups in total. The molecule has 0 atom stereocenters. The van der Waals surface area contributed by atoms with Crippen LogP contribution in [0.2, 0.25) is 0 Å². The fourth-order valence-corrected chi connectivity index (χ4v) is 3.68. The average Bonchev–Trinajstić information content (AvgIpc) is 3.25. The predicted molar refractivity (Wildman–Crippen MR) is 122 cm³/mol. The first-order valence-electron chi connectivity index (χ1n) is 10.5. The van der Waals surface area contributed by atoms with Crippen molar-refractivity contribution in [1.82, 2.24) is 14.7 Å². The van der Waals surface area contributed by atoms with Crippen molar-refractivity contribution >= 4 is 17.2 Å². The van der Waals surface area contributed by atoms with Crippen molar-refractivity contribution in [2.24, 2.45) is 0 Å². The van der Waals surface area contributed by atoms with E-state index in [0.717, 1.165) is 36.4 Å². The van der Waals surface area contributed by atoms with Crippen LogP contribution in [0.5, 0.6) is 0 Å². The number of hydrogen-bond donors (Lipinski definition) is 1. The van der Waals surface area contributed by atoms with Crippen molar-refractivity contribution in [1.29, 1.82) is 0 Å². The van der Waals surface area contributed by atoms with Gasteiger partial charge in [-0.1, -0.05) is 50.3 Å². The molecule has 0 fully saturated rings. The Bertz CT molecular complexity index is 1020. The van der Waals surface area contributed by atoms with Gasteiger partial charge in [0, 0.05) is 30.5 Å². The Morgan fingerprint density at radius 1 is 1.10 bits per heavy atom. The molecule has 0 saturated carbocycles. The van der Waals surface area contributed by atoms with E-state index in [-0.39, 0.29) is 5.91 Å². The molecule has 0 spiro atoms. The number of aromatic nitrogens is 2. The lowest BCUT2D eigenvalue weighted by Crippen LogP contribution is -2.36. The van der Waals surface area contributed by atoms with Crippen molar-refractivity contribution in [3.05, 3.63) is 84.2 Å². The van der Waals surface area contributed by atoms with Gasteiger partial charge in [-0.15, -0.1) is 0 Å². The molecule has 0 saturated heterocycles. The summed E-state index contributed by atoms with van der Waals surface area (Å²) >= 11 is 0. The van der Waals surface area contributed by atoms with E-state index in [9.17, 15) is 4.79 Å². The third kappa shape index (κ3) is 4.86. The first kappa shape index (κ1) is 20.1. The van der Waals surface area contributed by atoms with Gasteiger partial charge in [0.25, 0.3) is 0 Å². The molecular weight excluding hydrogens is 372 g/mol. The molecule has 0 aliphatic carbocycles. The summed E-state index contributed by atoms with van der Waals surface area (Å²) in [4.78, 5) is 14.6. The van der Waals surface area contributed by atoms with E-state index in [1.807, 2.05) is 53.3 Å². The second kappa shape index (κ2) is 9.09. The Hall–Kier alpha value is -3.18. The zero-order valence-electron chi connectivity index (χ0n) is 17.6. The number of rotatable bonds is 6. The number of nitrogens with one attached hydrogen (secondary N) is 1. The molecule has 154 valence electrons. The molecule has 5 heteroatoms. The van der Waals surface area contributed by atoms with Gasteiger partial charge < -0.3 is 5.32 Å². The summed E-state index contributed by atoms with van der Waals surface area (Å²) in [5, 5.41) is 7.50. The quantitative estimate of drug-likeness (QED) is 0.651. The highest BCUT2D eigenvalue weighted by atomic mass is 16.2. The molecule has 2 aromatic carbocycles. The molecule has 0 unspecified atom stereocenters. The topological polar surface area (TPSA) is 50.2 Å². The van der Waals surface area contributed by atoms with Crippen molar-refractivity contribution in [3.8, 4) is 5.69 Å². The molecule has 30 heavy (non-hydrogen) atoms. The largest absolute Gasteiger partial charge is 0.325 e. The molecule has 1 aliphatic rings. The molecule has 0 radical (unpaired) electrons. The van der Waals surface area contributed by atoms with Gasteiger partial charge in [-0.3, -0.25) is 9.69 Å². The lowest BCUT2D eigenvalue weighted by atomic mass is 10.0. The van der Waals surface area contributed by atoms with E-state index in [2.05, 4.69) is 53.6 Å². The van der Waals surface area contributed by atoms with Crippen LogP contribution < -0.4 is 5.32 Å². The molecule has 1 amide bonds. The molecule has 3 aromatic rings. The van der Waals surface area contributed by atoms with Crippen molar-refractivity contribution in [2.45, 2.75) is 26.2 Å². The SMILES string of the molecule is CC(C)c1ccc(NC(=O)CN2CC=C(c3cnn(-c4ccccc4)c3)CC2)cc1. The monoisotopic (exact) mass is 400 g/mol. The van der Waals surface area contributed by atoms with Gasteiger partial charge in [0.15, 0.2) is 0 Å². The summed E-state index contributed by atoms with van der Waals surface area (Å²) in [6.07, 6.45) is 7.11. The van der Waals surface area contributed by atoms with Crippen LogP contribution in [0.25, 0.3) is 11.3 Å². The van der Waals surface area contributed by atoms with Crippen molar-refractivity contribution in [3.63, 3.8) is 0 Å². The standard InChI is InChI=1S/C25H28N4O/c1-19(2)20-8-10-23(11-9-20)27-25(30)18-28-14-12-21(13-15-28)22-16-26-29(17-22)24-6-4-3-5-7-24/h3-12,16-17,19H,13-15,18H2,1-2H3,(H,27,30). The molecule has 1 aromatic heterocycles. The number of benzene rings is 2. The number of nitrogens with zero attached hydrogens (tertiary/aromatic N) is 3. The molecule has 1 aliphatic heterocycles. The van der Waals surface area contributed by atoms with E-state index < -0.39 is 0 Å². The van der Waals surface area contributed by atoms with Gasteiger partial charge in [0.2, 0.25) is 5.91 Å². The zero-order chi connectivity index (χ0) is 20.9. The van der Waals surface area contributed by atoms with E-state index in [1.54, 1.807) is 0 Å². The highest BCUT2D eigenvalue weighted by Crippen LogP contribution is 2.23. The minimum Gasteiger partial charge on any atom is -0.325 e. The van der Waals surface area contributed by atoms with Crippen LogP contribution in [0, 0.1) is 0 Å². The Balaban J connectivity index is 1.31. The highest BCUT2D eigenvalue weighted by molar-refractivity contribution is 5.92. The first-order valence-corrected chi connectivity index (χ1v) is 10.5. The van der Waals surface area contributed by atoms with Gasteiger partial charge in [0.1, 0.15) is 0 Å². The van der Waals surface area contributed by atoms with Crippen LogP contribution in [0.15, 0.2) is 73.1 Å². The summed E-state index contributed by atoms with van der Waals surface area (Å²) in [6, 6.07) is 18.2. The maximum Gasteiger partial charge on any atom is 0.238 e. The van der Waals surface area contributed by atoms with Crippen molar-refractivity contribution in [2.75, 3.05) is 25.0 Å². The van der Waals surface area contributed by atoms with Crippen LogP contribution >= 0.6 is 0 Å². The van der Waals surface area contributed by atoms with Gasteiger partial charge in [-0.2, -0.15) is 5.10 Å². The second-order valence-electron chi connectivity index (χ2n) is 8.05. The highest BCUT2D eigenvalue weighted by Gasteiger charge is 2.17. The van der Waals surface area contributed by atoms with Crippen LogP contribution in [-0.4, -0.2) is 40.2 Å². The zero-order valence-corrected chi connectivity index (χ0v) is 17.6. The molecule has 4 rings (SSSR count). The summed E-state index contributed by atoms with van der Waals surface area (Å²) in [5.41, 5.74) is 5.62. The van der Waals surface area contributed by atoms with Gasteiger partial charge >= 0.3 is 0 Å². The minimum atomic E-state index is 0.0287. The molecule has 0 bridgehead atoms. The maximum absolute atomic E-state index is 12.4. The first-order chi connectivity index (χ1) is 14.6. The third-order valence-electron chi connectivity index (χ3n) is 5.50. The predicted octanol–water partition coefficient (Wildman–Crippen LogP) is 4.72. The van der Waals surface area contributed by atoms with Gasteiger partial charge in [0.05, 0.1) is 18.4 Å². The Kier molecular flexibility index (Phi) is 6.10. The number of anilines is 1. The summed E-state index contributed by atoms with van der Waals surface area (Å²) in [5.74, 6) is 0.518. The Morgan fingerprint density at radius 3 is 2.53 bits per heavy atom. The minimum absolute atomic E-state index is 0.0287. The van der Waals surface area contributed by atoms with Crippen LogP contribution in [0.3, 0.4) is 0 Å². The Labute approximate surface area is 178 Å². The third-order valence-corrected chi connectivity index (χ3v) is 5.50. The number of carbonyl (C=O) groups excluding carboxylic acids is 1. The smallest absolute Gasteiger partial charge is 0.238 e. The Morgan fingerprint density at radius 2 is 1.87 bits per heavy atom. The van der Waals surface area contributed by atoms with Crippen molar-refractivity contribution < 1.29 is 4.79 Å². The summed E-state index contributed by atoms with van der Waals surface area (Å²) < 4.78 is 1.90. The van der Waals surface area contributed by atoms with E-state index in [1.165, 1.54) is 11.1 Å². The number of carbonyl (C=O) groups is 1. The molecule has 2 heterocycles. The van der Waals surface area contributed by atoms with E-state index in [4.69, 9.17) is 0 Å². The number of hydrogen-bond acceptors (Lipinski definition) is 3. The maximum atomic E-state index is 12.4. The number of amides is 1. The van der Waals surface area contributed by atoms with Crippen LogP contribution in [0.4, 0.5) is 5.69 Å². The second-order valence-corrected chi connectivity index (χ2v) is 8.05. The van der Waals surface area contributed by atoms with Gasteiger partial charge in [-0.25, -0.2) is 4.68 Å². The summed E-state index contributed by atoms with van der Waals surface area (Å²) in [6.45, 7) is 6.36. The fraction of sp³-hybridized carbons (Fsp3) is 0.280. The fourth-order valence-electron chi connectivity index (χ4n) is 3.68. The van der Waals surface area contributed by atoms with Crippen LogP contribution in [-0.2, 0) is 4.79 Å². The van der Waals surface area contributed by atoms with E-state index >= 15 is 0 Å². The van der Waals surface area contributed by atoms with Gasteiger partial charge in [-0.05, 0) is 47.7 Å². The lowest BCUT2D eigenvalue weighted by molar-refractivity contribution is -0.117. The number of para-hydroxylation sites is 1. The average molecular weight is 401 g/mol. The summed E-state index contributed by atoms with van der Waals surface area (Å²) in [7, 11) is 0. The molecule has 5 nitrogen and oxygen atoms in total. The van der Waals surface area contributed by atoms with Crippen LogP contribution in [0.1, 0.15) is 37.3 Å². The lowest BCUT2D eigenvalue weighted by Gasteiger charge is -2.25. The molecular formula is C25H28N4O.